The zero-order chi connectivity index (χ0) is 31.3. The van der Waals surface area contributed by atoms with Crippen LogP contribution in [0.1, 0.15) is 70.9 Å². The average molecular weight is 613 g/mol. The summed E-state index contributed by atoms with van der Waals surface area (Å²) in [5, 5.41) is 19.1. The number of esters is 1. The van der Waals surface area contributed by atoms with Crippen molar-refractivity contribution >= 4 is 28.6 Å². The molecule has 1 heterocycles. The molecular formula is C31H39F3O7S. The number of aliphatic hydroxyl groups is 2. The van der Waals surface area contributed by atoms with E-state index in [-0.39, 0.29) is 36.7 Å². The number of aliphatic hydroxyl groups excluding tert-OH is 2. The van der Waals surface area contributed by atoms with E-state index in [4.69, 9.17) is 14.3 Å². The summed E-state index contributed by atoms with van der Waals surface area (Å²) in [5.41, 5.74) is -7.19. The van der Waals surface area contributed by atoms with Crippen molar-refractivity contribution < 1.29 is 46.9 Å². The second kappa shape index (κ2) is 11.6. The summed E-state index contributed by atoms with van der Waals surface area (Å²) in [6.45, 7) is 8.52. The molecule has 0 radical (unpaired) electrons. The third-order valence-corrected chi connectivity index (χ3v) is 10.9. The second-order valence-electron chi connectivity index (χ2n) is 12.4. The molecule has 0 spiro atoms. The monoisotopic (exact) mass is 612 g/mol. The van der Waals surface area contributed by atoms with E-state index in [2.05, 4.69) is 0 Å². The Labute approximate surface area is 247 Å². The molecule has 232 valence electrons. The van der Waals surface area contributed by atoms with Gasteiger partial charge in [0.15, 0.2) is 17.1 Å². The van der Waals surface area contributed by atoms with E-state index in [1.54, 1.807) is 20.8 Å². The molecule has 0 amide bonds. The summed E-state index contributed by atoms with van der Waals surface area (Å²) >= 11 is 0.352. The lowest BCUT2D eigenvalue weighted by Crippen LogP contribution is -2.70. The molecule has 4 aliphatic rings. The quantitative estimate of drug-likeness (QED) is 0.407. The first-order valence-electron chi connectivity index (χ1n) is 14.3. The zero-order valence-corrected chi connectivity index (χ0v) is 25.3. The van der Waals surface area contributed by atoms with E-state index in [1.807, 2.05) is 6.92 Å². The molecule has 3 fully saturated rings. The number of hydrogen-bond acceptors (Lipinski definition) is 8. The number of alkyl halides is 3. The van der Waals surface area contributed by atoms with E-state index < -0.39 is 75.0 Å². The fraction of sp³-hybridized carbons (Fsp3) is 0.645. The first-order chi connectivity index (χ1) is 19.6. The van der Waals surface area contributed by atoms with Crippen molar-refractivity contribution in [3.05, 3.63) is 48.0 Å². The van der Waals surface area contributed by atoms with Crippen molar-refractivity contribution in [2.24, 2.45) is 28.6 Å². The number of allylic oxidation sites excluding steroid dienone is 4. The van der Waals surface area contributed by atoms with E-state index >= 15 is 8.78 Å². The third kappa shape index (κ3) is 4.70. The van der Waals surface area contributed by atoms with Gasteiger partial charge in [-0.05, 0) is 87.1 Å². The molecule has 1 aromatic rings. The maximum absolute atomic E-state index is 17.4. The molecule has 11 heteroatoms. The first-order valence-corrected chi connectivity index (χ1v) is 15.3. The predicted octanol–water partition coefficient (Wildman–Crippen LogP) is 5.70. The maximum Gasteiger partial charge on any atom is 0.375 e. The Hall–Kier alpha value is -2.37. The van der Waals surface area contributed by atoms with Gasteiger partial charge in [-0.1, -0.05) is 26.8 Å². The Bertz CT molecular complexity index is 1270. The van der Waals surface area contributed by atoms with Gasteiger partial charge < -0.3 is 19.4 Å². The highest BCUT2D eigenvalue weighted by Gasteiger charge is 2.78. The molecule has 0 bridgehead atoms. The van der Waals surface area contributed by atoms with Gasteiger partial charge in [0, 0.05) is 22.7 Å². The predicted molar refractivity (Wildman–Crippen MR) is 151 cm³/mol. The van der Waals surface area contributed by atoms with Gasteiger partial charge in [-0.3, -0.25) is 9.59 Å². The van der Waals surface area contributed by atoms with Crippen LogP contribution in [0.2, 0.25) is 0 Å². The van der Waals surface area contributed by atoms with Crippen LogP contribution in [0.3, 0.4) is 0 Å². The smallest absolute Gasteiger partial charge is 0.375 e. The number of halogens is 3. The average Bonchev–Trinajstić information content (AvgIpc) is 3.54. The highest BCUT2D eigenvalue weighted by molar-refractivity contribution is 8.13. The van der Waals surface area contributed by atoms with Gasteiger partial charge in [-0.15, -0.1) is 0 Å². The molecule has 3 saturated carbocycles. The molecule has 5 rings (SSSR count). The van der Waals surface area contributed by atoms with Crippen LogP contribution in [-0.2, 0) is 14.3 Å². The number of hydrogen-bond donors (Lipinski definition) is 2. The Kier molecular flexibility index (Phi) is 9.00. The molecular weight excluding hydrogens is 573 g/mol. The standard InChI is InChI=1S/C27H29F3O6S.C4H10O/c1-14-9-16-17-11-19(29)18-10-15(31)6-7-24(18,2)26(17,30)21(32)12-25(16,3)27(14,23(34)37-13-28)36-22(33)20-5-4-8-35-20;1-3-4(2)5/h4-8,10,14,16-17,19,21,32H,9,11-13H2,1-3H3;4-5H,3H2,1-2H3/t14-,16+,17+,19+,21+,24+,25+,26+,27+;4-/m10/s1. The van der Waals surface area contributed by atoms with Crippen molar-refractivity contribution in [3.63, 3.8) is 0 Å². The summed E-state index contributed by atoms with van der Waals surface area (Å²) in [6.07, 6.45) is 1.90. The number of fused-ring (bicyclic) bond motifs is 5. The fourth-order valence-corrected chi connectivity index (χ4v) is 8.76. The maximum atomic E-state index is 17.4. The summed E-state index contributed by atoms with van der Waals surface area (Å²) in [7, 11) is 0. The van der Waals surface area contributed by atoms with Crippen molar-refractivity contribution in [2.45, 2.75) is 90.0 Å². The van der Waals surface area contributed by atoms with E-state index in [0.29, 0.717) is 11.8 Å². The van der Waals surface area contributed by atoms with Crippen LogP contribution in [-0.4, -0.2) is 62.7 Å². The Balaban J connectivity index is 0.000000748. The molecule has 2 N–H and O–H groups in total. The largest absolute Gasteiger partial charge is 0.457 e. The van der Waals surface area contributed by atoms with Crippen LogP contribution in [0.15, 0.2) is 46.6 Å². The van der Waals surface area contributed by atoms with Gasteiger partial charge in [0.25, 0.3) is 0 Å². The Morgan fingerprint density at radius 1 is 1.26 bits per heavy atom. The number of carbonyl (C=O) groups is 3. The molecule has 0 aliphatic heterocycles. The van der Waals surface area contributed by atoms with E-state index in [1.165, 1.54) is 37.5 Å². The van der Waals surface area contributed by atoms with Crippen LogP contribution in [0.25, 0.3) is 0 Å². The fourth-order valence-electron chi connectivity index (χ4n) is 7.97. The molecule has 0 unspecified atom stereocenters. The van der Waals surface area contributed by atoms with Gasteiger partial charge in [0.05, 0.1) is 18.5 Å². The number of ketones is 1. The summed E-state index contributed by atoms with van der Waals surface area (Å²) in [5.74, 6) is -3.98. The Morgan fingerprint density at radius 3 is 2.50 bits per heavy atom. The minimum Gasteiger partial charge on any atom is -0.457 e. The van der Waals surface area contributed by atoms with Crippen molar-refractivity contribution in [3.8, 4) is 0 Å². The molecule has 0 aromatic carbocycles. The highest BCUT2D eigenvalue weighted by atomic mass is 32.2. The summed E-state index contributed by atoms with van der Waals surface area (Å²) < 4.78 is 57.5. The van der Waals surface area contributed by atoms with Crippen LogP contribution in [0.5, 0.6) is 0 Å². The lowest BCUT2D eigenvalue weighted by atomic mass is 9.44. The van der Waals surface area contributed by atoms with Crippen molar-refractivity contribution in [1.29, 1.82) is 0 Å². The SMILES string of the molecule is CC[C@H](C)O.C[C@@H]1C[C@H]2[C@@H]3C[C@H](F)C4=CC(=O)C=C[C@]4(C)[C@@]3(F)[C@@H](O)C[C@]2(C)[C@@]1(OC(=O)c1ccco1)C(=O)SCF. The normalized spacial score (nSPS) is 41.0. The summed E-state index contributed by atoms with van der Waals surface area (Å²) in [4.78, 5) is 38.7. The summed E-state index contributed by atoms with van der Waals surface area (Å²) in [6, 6.07) is 1.78. The van der Waals surface area contributed by atoms with Gasteiger partial charge in [0.1, 0.15) is 12.2 Å². The van der Waals surface area contributed by atoms with Crippen LogP contribution in [0.4, 0.5) is 13.2 Å². The number of carbonyl (C=O) groups excluding carboxylic acids is 3. The molecule has 7 nitrogen and oxygen atoms in total. The van der Waals surface area contributed by atoms with Gasteiger partial charge in [-0.25, -0.2) is 18.0 Å². The van der Waals surface area contributed by atoms with Crippen LogP contribution >= 0.6 is 11.8 Å². The van der Waals surface area contributed by atoms with E-state index in [9.17, 15) is 23.9 Å². The van der Waals surface area contributed by atoms with Gasteiger partial charge in [0.2, 0.25) is 10.9 Å². The molecule has 10 atom stereocenters. The van der Waals surface area contributed by atoms with Crippen LogP contribution < -0.4 is 0 Å². The van der Waals surface area contributed by atoms with Gasteiger partial charge >= 0.3 is 5.97 Å². The third-order valence-electron chi connectivity index (χ3n) is 10.2. The molecule has 4 aliphatic carbocycles. The molecule has 42 heavy (non-hydrogen) atoms. The second-order valence-corrected chi connectivity index (χ2v) is 13.3. The number of thioether (sulfide) groups is 1. The lowest BCUT2D eigenvalue weighted by molar-refractivity contribution is -0.221. The van der Waals surface area contributed by atoms with Gasteiger partial charge in [-0.2, -0.15) is 0 Å². The minimum absolute atomic E-state index is 0.00739. The number of furan rings is 1. The molecule has 1 aromatic heterocycles. The van der Waals surface area contributed by atoms with Crippen LogP contribution in [0, 0.1) is 28.6 Å². The minimum atomic E-state index is -2.35. The van der Waals surface area contributed by atoms with E-state index in [0.717, 1.165) is 12.5 Å². The Morgan fingerprint density at radius 2 is 1.93 bits per heavy atom. The first kappa shape index (κ1) is 32.5. The number of ether oxygens (including phenoxy) is 1. The molecule has 0 saturated heterocycles. The number of rotatable bonds is 5. The zero-order valence-electron chi connectivity index (χ0n) is 24.4. The topological polar surface area (TPSA) is 114 Å². The lowest BCUT2D eigenvalue weighted by Gasteiger charge is -2.63. The highest BCUT2D eigenvalue weighted by Crippen LogP contribution is 2.72. The van der Waals surface area contributed by atoms with Crippen molar-refractivity contribution in [1.82, 2.24) is 0 Å². The van der Waals surface area contributed by atoms with Crippen molar-refractivity contribution in [2.75, 3.05) is 6.01 Å².